The standard InChI is InChI=1S/C6H10O2/c1-4(2)6(8)5(3)7/h5,7H,1H2,2-3H3. The second-order valence-electron chi connectivity index (χ2n) is 1.82. The van der Waals surface area contributed by atoms with Gasteiger partial charge >= 0.3 is 0 Å². The molecule has 1 atom stereocenters. The van der Waals surface area contributed by atoms with Crippen molar-refractivity contribution in [2.24, 2.45) is 0 Å². The molecule has 0 rings (SSSR count). The Hall–Kier alpha value is -0.630. The molecule has 0 spiro atoms. The van der Waals surface area contributed by atoms with Gasteiger partial charge < -0.3 is 5.11 Å². The minimum absolute atomic E-state index is 0.287. The van der Waals surface area contributed by atoms with Crippen LogP contribution in [0.25, 0.3) is 0 Å². The molecule has 0 heterocycles. The predicted octanol–water partition coefficient (Wildman–Crippen LogP) is 0.512. The fraction of sp³-hybridized carbons (Fsp3) is 0.500. The van der Waals surface area contributed by atoms with Crippen molar-refractivity contribution in [3.63, 3.8) is 0 Å². The maximum Gasteiger partial charge on any atom is 0.186 e. The molecule has 0 bridgehead atoms. The van der Waals surface area contributed by atoms with E-state index in [1.807, 2.05) is 0 Å². The molecular formula is C6H10O2. The number of aliphatic hydroxyl groups excluding tert-OH is 1. The predicted molar refractivity (Wildman–Crippen MR) is 31.5 cm³/mol. The average molecular weight is 114 g/mol. The summed E-state index contributed by atoms with van der Waals surface area (Å²) in [7, 11) is 0. The largest absolute Gasteiger partial charge is 0.385 e. The van der Waals surface area contributed by atoms with E-state index in [1.54, 1.807) is 6.92 Å². The zero-order chi connectivity index (χ0) is 6.73. The van der Waals surface area contributed by atoms with Crippen molar-refractivity contribution in [3.05, 3.63) is 12.2 Å². The molecule has 0 saturated heterocycles. The first kappa shape index (κ1) is 7.37. The Bertz CT molecular complexity index is 114. The third kappa shape index (κ3) is 1.89. The third-order valence-electron chi connectivity index (χ3n) is 0.800. The first-order chi connectivity index (χ1) is 3.55. The van der Waals surface area contributed by atoms with Crippen molar-refractivity contribution < 1.29 is 9.90 Å². The second-order valence-corrected chi connectivity index (χ2v) is 1.82. The Kier molecular flexibility index (Phi) is 2.42. The van der Waals surface area contributed by atoms with Crippen LogP contribution in [0.1, 0.15) is 13.8 Å². The van der Waals surface area contributed by atoms with Crippen LogP contribution in [0.15, 0.2) is 12.2 Å². The molecule has 0 aromatic heterocycles. The summed E-state index contributed by atoms with van der Waals surface area (Å²) in [6.07, 6.45) is -0.896. The van der Waals surface area contributed by atoms with Gasteiger partial charge in [0.2, 0.25) is 0 Å². The van der Waals surface area contributed by atoms with Crippen LogP contribution >= 0.6 is 0 Å². The number of carbonyl (C=O) groups is 1. The van der Waals surface area contributed by atoms with Crippen molar-refractivity contribution in [2.45, 2.75) is 20.0 Å². The van der Waals surface area contributed by atoms with Crippen LogP contribution in [-0.4, -0.2) is 17.0 Å². The lowest BCUT2D eigenvalue weighted by molar-refractivity contribution is -0.122. The SMILES string of the molecule is C=C(C)C(=O)C(C)O. The highest BCUT2D eigenvalue weighted by Gasteiger charge is 2.07. The van der Waals surface area contributed by atoms with Crippen LogP contribution in [0.5, 0.6) is 0 Å². The number of hydrogen-bond acceptors (Lipinski definition) is 2. The molecule has 1 unspecified atom stereocenters. The Morgan fingerprint density at radius 1 is 1.75 bits per heavy atom. The molecule has 1 N–H and O–H groups in total. The Morgan fingerprint density at radius 3 is 2.12 bits per heavy atom. The molecule has 0 aliphatic rings. The number of carbonyl (C=O) groups excluding carboxylic acids is 1. The zero-order valence-corrected chi connectivity index (χ0v) is 5.14. The molecule has 0 amide bonds. The summed E-state index contributed by atoms with van der Waals surface area (Å²) in [5, 5.41) is 8.58. The quantitative estimate of drug-likeness (QED) is 0.531. The van der Waals surface area contributed by atoms with E-state index in [4.69, 9.17) is 5.11 Å². The van der Waals surface area contributed by atoms with Gasteiger partial charge in [0.05, 0.1) is 0 Å². The lowest BCUT2D eigenvalue weighted by atomic mass is 10.1. The van der Waals surface area contributed by atoms with E-state index in [1.165, 1.54) is 6.92 Å². The fourth-order valence-corrected chi connectivity index (χ4v) is 0.357. The molecule has 0 aliphatic heterocycles. The van der Waals surface area contributed by atoms with Gasteiger partial charge in [-0.3, -0.25) is 4.79 Å². The molecular weight excluding hydrogens is 104 g/mol. The van der Waals surface area contributed by atoms with Crippen molar-refractivity contribution in [1.82, 2.24) is 0 Å². The lowest BCUT2D eigenvalue weighted by Crippen LogP contribution is -2.15. The number of Topliss-reactive ketones (excluding diaryl/α,β-unsaturated/α-hetero) is 1. The summed E-state index contributed by atoms with van der Waals surface area (Å²) in [6.45, 7) is 6.37. The molecule has 0 radical (unpaired) electrons. The summed E-state index contributed by atoms with van der Waals surface area (Å²) < 4.78 is 0. The smallest absolute Gasteiger partial charge is 0.186 e. The van der Waals surface area contributed by atoms with Crippen LogP contribution < -0.4 is 0 Å². The first-order valence-electron chi connectivity index (χ1n) is 2.43. The molecule has 0 aromatic carbocycles. The molecule has 0 aliphatic carbocycles. The van der Waals surface area contributed by atoms with Gasteiger partial charge in [-0.25, -0.2) is 0 Å². The van der Waals surface area contributed by atoms with Crippen molar-refractivity contribution in [1.29, 1.82) is 0 Å². The zero-order valence-electron chi connectivity index (χ0n) is 5.14. The van der Waals surface area contributed by atoms with Crippen molar-refractivity contribution in [2.75, 3.05) is 0 Å². The molecule has 8 heavy (non-hydrogen) atoms. The van der Waals surface area contributed by atoms with Crippen LogP contribution in [0.3, 0.4) is 0 Å². The summed E-state index contributed by atoms with van der Waals surface area (Å²) in [5.41, 5.74) is 0.403. The van der Waals surface area contributed by atoms with Gasteiger partial charge in [-0.1, -0.05) is 6.58 Å². The first-order valence-corrected chi connectivity index (χ1v) is 2.43. The van der Waals surface area contributed by atoms with Crippen LogP contribution in [-0.2, 0) is 4.79 Å². The Balaban J connectivity index is 3.84. The molecule has 2 heteroatoms. The van der Waals surface area contributed by atoms with E-state index in [0.717, 1.165) is 0 Å². The minimum atomic E-state index is -0.896. The topological polar surface area (TPSA) is 37.3 Å². The van der Waals surface area contributed by atoms with E-state index in [9.17, 15) is 4.79 Å². The summed E-state index contributed by atoms with van der Waals surface area (Å²) in [4.78, 5) is 10.5. The van der Waals surface area contributed by atoms with Crippen LogP contribution in [0, 0.1) is 0 Å². The molecule has 0 saturated carbocycles. The van der Waals surface area contributed by atoms with Gasteiger partial charge in [-0.2, -0.15) is 0 Å². The van der Waals surface area contributed by atoms with E-state index >= 15 is 0 Å². The van der Waals surface area contributed by atoms with Gasteiger partial charge in [-0.15, -0.1) is 0 Å². The third-order valence-corrected chi connectivity index (χ3v) is 0.800. The summed E-state index contributed by atoms with van der Waals surface area (Å²) >= 11 is 0. The van der Waals surface area contributed by atoms with Gasteiger partial charge in [0.1, 0.15) is 6.10 Å². The van der Waals surface area contributed by atoms with Gasteiger partial charge in [0.25, 0.3) is 0 Å². The van der Waals surface area contributed by atoms with Crippen molar-refractivity contribution >= 4 is 5.78 Å². The summed E-state index contributed by atoms with van der Waals surface area (Å²) in [5.74, 6) is -0.287. The van der Waals surface area contributed by atoms with Crippen molar-refractivity contribution in [3.8, 4) is 0 Å². The fourth-order valence-electron chi connectivity index (χ4n) is 0.357. The van der Waals surface area contributed by atoms with E-state index in [-0.39, 0.29) is 5.78 Å². The van der Waals surface area contributed by atoms with Gasteiger partial charge in [0, 0.05) is 0 Å². The molecule has 2 nitrogen and oxygen atoms in total. The maximum absolute atomic E-state index is 10.5. The van der Waals surface area contributed by atoms with Gasteiger partial charge in [-0.05, 0) is 19.4 Å². The number of hydrogen-bond donors (Lipinski definition) is 1. The summed E-state index contributed by atoms with van der Waals surface area (Å²) in [6, 6.07) is 0. The minimum Gasteiger partial charge on any atom is -0.385 e. The highest BCUT2D eigenvalue weighted by Crippen LogP contribution is 1.93. The lowest BCUT2D eigenvalue weighted by Gasteiger charge is -1.98. The molecule has 0 fully saturated rings. The number of ketones is 1. The number of aliphatic hydroxyl groups is 1. The number of rotatable bonds is 2. The van der Waals surface area contributed by atoms with Crippen LogP contribution in [0.4, 0.5) is 0 Å². The Morgan fingerprint density at radius 2 is 2.12 bits per heavy atom. The van der Waals surface area contributed by atoms with E-state index < -0.39 is 6.10 Å². The maximum atomic E-state index is 10.5. The van der Waals surface area contributed by atoms with E-state index in [0.29, 0.717) is 5.57 Å². The average Bonchev–Trinajstić information content (AvgIpc) is 1.64. The highest BCUT2D eigenvalue weighted by atomic mass is 16.3. The second kappa shape index (κ2) is 2.62. The normalized spacial score (nSPS) is 12.9. The van der Waals surface area contributed by atoms with Crippen LogP contribution in [0.2, 0.25) is 0 Å². The molecule has 46 valence electrons. The monoisotopic (exact) mass is 114 g/mol. The molecule has 0 aromatic rings. The Labute approximate surface area is 48.8 Å². The van der Waals surface area contributed by atoms with Gasteiger partial charge in [0.15, 0.2) is 5.78 Å². The van der Waals surface area contributed by atoms with E-state index in [2.05, 4.69) is 6.58 Å². The highest BCUT2D eigenvalue weighted by molar-refractivity contribution is 5.97.